The Bertz CT molecular complexity index is 1120. The van der Waals surface area contributed by atoms with Crippen LogP contribution in [0.3, 0.4) is 0 Å². The third-order valence-electron chi connectivity index (χ3n) is 6.48. The molecule has 0 aliphatic carbocycles. The lowest BCUT2D eigenvalue weighted by Crippen LogP contribution is -2.46. The number of nitrogens with zero attached hydrogens (tertiary/aromatic N) is 5. The first-order chi connectivity index (χ1) is 14.3. The SMILES string of the molecule is Cn1c(=O)n(CC(C)(C)C)c2ccc(N3CC4CC3CN4Cc3ccccc3)nc21. The predicted molar refractivity (Wildman–Crippen MR) is 121 cm³/mol. The van der Waals surface area contributed by atoms with Gasteiger partial charge in [0.15, 0.2) is 5.65 Å². The number of rotatable bonds is 4. The molecule has 4 heterocycles. The summed E-state index contributed by atoms with van der Waals surface area (Å²) in [5.41, 5.74) is 3.14. The molecule has 6 nitrogen and oxygen atoms in total. The van der Waals surface area contributed by atoms with Gasteiger partial charge in [0.05, 0.1) is 5.52 Å². The van der Waals surface area contributed by atoms with Crippen LogP contribution in [-0.2, 0) is 20.1 Å². The molecule has 0 saturated carbocycles. The summed E-state index contributed by atoms with van der Waals surface area (Å²) in [6.07, 6.45) is 1.19. The highest BCUT2D eigenvalue weighted by atomic mass is 16.1. The second-order valence-electron chi connectivity index (χ2n) is 10.1. The first-order valence-electron chi connectivity index (χ1n) is 10.9. The van der Waals surface area contributed by atoms with E-state index in [0.717, 1.165) is 36.6 Å². The molecule has 2 unspecified atom stereocenters. The van der Waals surface area contributed by atoms with Gasteiger partial charge in [-0.25, -0.2) is 9.78 Å². The molecule has 2 aliphatic heterocycles. The molecule has 2 bridgehead atoms. The first kappa shape index (κ1) is 19.4. The second kappa shape index (κ2) is 6.98. The Labute approximate surface area is 177 Å². The molecule has 3 aromatic rings. The van der Waals surface area contributed by atoms with Crippen molar-refractivity contribution in [3.63, 3.8) is 0 Å². The Morgan fingerprint density at radius 3 is 2.47 bits per heavy atom. The summed E-state index contributed by atoms with van der Waals surface area (Å²) in [5, 5.41) is 0. The lowest BCUT2D eigenvalue weighted by atomic mass is 9.97. The number of fused-ring (bicyclic) bond motifs is 3. The summed E-state index contributed by atoms with van der Waals surface area (Å²) in [6, 6.07) is 16.0. The number of pyridine rings is 1. The molecule has 2 fully saturated rings. The normalized spacial score (nSPS) is 21.8. The Hall–Kier alpha value is -2.60. The molecule has 2 saturated heterocycles. The number of benzene rings is 1. The summed E-state index contributed by atoms with van der Waals surface area (Å²) < 4.78 is 3.56. The summed E-state index contributed by atoms with van der Waals surface area (Å²) >= 11 is 0. The van der Waals surface area contributed by atoms with Crippen molar-refractivity contribution in [2.75, 3.05) is 18.0 Å². The van der Waals surface area contributed by atoms with Gasteiger partial charge in [-0.1, -0.05) is 51.1 Å². The van der Waals surface area contributed by atoms with Crippen molar-refractivity contribution in [3.05, 3.63) is 58.5 Å². The Balaban J connectivity index is 1.38. The molecule has 5 rings (SSSR count). The largest absolute Gasteiger partial charge is 0.351 e. The lowest BCUT2D eigenvalue weighted by Gasteiger charge is -2.35. The quantitative estimate of drug-likeness (QED) is 0.669. The molecule has 6 heteroatoms. The molecular weight excluding hydrogens is 374 g/mol. The summed E-state index contributed by atoms with van der Waals surface area (Å²) in [6.45, 7) is 10.3. The lowest BCUT2D eigenvalue weighted by molar-refractivity contribution is 0.230. The van der Waals surface area contributed by atoms with Crippen molar-refractivity contribution in [1.29, 1.82) is 0 Å². The minimum atomic E-state index is 0.0153. The average molecular weight is 406 g/mol. The smallest absolute Gasteiger partial charge is 0.330 e. The van der Waals surface area contributed by atoms with Crippen molar-refractivity contribution in [2.45, 2.75) is 52.4 Å². The third-order valence-corrected chi connectivity index (χ3v) is 6.48. The van der Waals surface area contributed by atoms with Crippen LogP contribution in [0.2, 0.25) is 0 Å². The third kappa shape index (κ3) is 3.33. The number of anilines is 1. The van der Waals surface area contributed by atoms with Gasteiger partial charge < -0.3 is 4.90 Å². The van der Waals surface area contributed by atoms with Crippen molar-refractivity contribution >= 4 is 17.0 Å². The van der Waals surface area contributed by atoms with E-state index in [1.54, 1.807) is 4.57 Å². The first-order valence-corrected chi connectivity index (χ1v) is 10.9. The number of piperazine rings is 1. The minimum Gasteiger partial charge on any atom is -0.351 e. The molecule has 1 aromatic carbocycles. The van der Waals surface area contributed by atoms with E-state index >= 15 is 0 Å². The minimum absolute atomic E-state index is 0.0153. The summed E-state index contributed by atoms with van der Waals surface area (Å²) in [5.74, 6) is 0.998. The number of hydrogen-bond donors (Lipinski definition) is 0. The summed E-state index contributed by atoms with van der Waals surface area (Å²) in [4.78, 5) is 22.8. The Kier molecular flexibility index (Phi) is 4.51. The molecule has 0 amide bonds. The van der Waals surface area contributed by atoms with Gasteiger partial charge in [-0.15, -0.1) is 0 Å². The van der Waals surface area contributed by atoms with Crippen molar-refractivity contribution in [3.8, 4) is 0 Å². The highest BCUT2D eigenvalue weighted by molar-refractivity contribution is 5.74. The van der Waals surface area contributed by atoms with Crippen molar-refractivity contribution < 1.29 is 0 Å². The van der Waals surface area contributed by atoms with Crippen LogP contribution in [0.1, 0.15) is 32.8 Å². The molecule has 2 aromatic heterocycles. The van der Waals surface area contributed by atoms with Crippen LogP contribution in [0.5, 0.6) is 0 Å². The van der Waals surface area contributed by atoms with Crippen LogP contribution in [0.25, 0.3) is 11.2 Å². The van der Waals surface area contributed by atoms with E-state index in [1.807, 2.05) is 11.6 Å². The molecule has 30 heavy (non-hydrogen) atoms. The van der Waals surface area contributed by atoms with E-state index in [1.165, 1.54) is 12.0 Å². The second-order valence-corrected chi connectivity index (χ2v) is 10.1. The maximum Gasteiger partial charge on any atom is 0.330 e. The van der Waals surface area contributed by atoms with E-state index in [9.17, 15) is 4.79 Å². The van der Waals surface area contributed by atoms with Crippen LogP contribution in [0, 0.1) is 5.41 Å². The van der Waals surface area contributed by atoms with Crippen molar-refractivity contribution in [1.82, 2.24) is 19.0 Å². The zero-order chi connectivity index (χ0) is 21.0. The highest BCUT2D eigenvalue weighted by Crippen LogP contribution is 2.35. The van der Waals surface area contributed by atoms with E-state index in [4.69, 9.17) is 4.98 Å². The Morgan fingerprint density at radius 2 is 1.80 bits per heavy atom. The van der Waals surface area contributed by atoms with E-state index in [-0.39, 0.29) is 11.1 Å². The van der Waals surface area contributed by atoms with Gasteiger partial charge in [0, 0.05) is 45.3 Å². The van der Waals surface area contributed by atoms with E-state index in [0.29, 0.717) is 18.6 Å². The molecular formula is C24H31N5O. The zero-order valence-electron chi connectivity index (χ0n) is 18.4. The van der Waals surface area contributed by atoms with Gasteiger partial charge in [-0.05, 0) is 29.5 Å². The van der Waals surface area contributed by atoms with Crippen LogP contribution in [-0.4, -0.2) is 44.2 Å². The van der Waals surface area contributed by atoms with Gasteiger partial charge in [0.25, 0.3) is 0 Å². The topological polar surface area (TPSA) is 46.3 Å². The van der Waals surface area contributed by atoms with Crippen molar-refractivity contribution in [2.24, 2.45) is 12.5 Å². The van der Waals surface area contributed by atoms with Crippen LogP contribution < -0.4 is 10.6 Å². The van der Waals surface area contributed by atoms with Gasteiger partial charge in [-0.3, -0.25) is 14.0 Å². The fraction of sp³-hybridized carbons (Fsp3) is 0.500. The highest BCUT2D eigenvalue weighted by Gasteiger charge is 2.43. The zero-order valence-corrected chi connectivity index (χ0v) is 18.4. The Morgan fingerprint density at radius 1 is 1.03 bits per heavy atom. The van der Waals surface area contributed by atoms with Gasteiger partial charge in [0.1, 0.15) is 5.82 Å². The molecule has 2 atom stereocenters. The standard InChI is InChI=1S/C24H31N5O/c1-24(2,3)16-29-20-10-11-21(25-22(20)26(4)23(29)30)28-15-18-12-19(28)14-27(18)13-17-8-6-5-7-9-17/h5-11,18-19H,12-16H2,1-4H3. The maximum atomic E-state index is 12.8. The number of likely N-dealkylation sites (tertiary alicyclic amines) is 1. The predicted octanol–water partition coefficient (Wildman–Crippen LogP) is 3.24. The van der Waals surface area contributed by atoms with Crippen LogP contribution >= 0.6 is 0 Å². The number of hydrogen-bond acceptors (Lipinski definition) is 4. The molecule has 0 N–H and O–H groups in total. The number of imidazole rings is 1. The van der Waals surface area contributed by atoms with Crippen LogP contribution in [0.15, 0.2) is 47.3 Å². The fourth-order valence-electron chi connectivity index (χ4n) is 5.09. The number of aryl methyl sites for hydroxylation is 1. The van der Waals surface area contributed by atoms with Crippen LogP contribution in [0.4, 0.5) is 5.82 Å². The number of aromatic nitrogens is 3. The van der Waals surface area contributed by atoms with Gasteiger partial charge >= 0.3 is 5.69 Å². The summed E-state index contributed by atoms with van der Waals surface area (Å²) in [7, 11) is 1.83. The van der Waals surface area contributed by atoms with E-state index in [2.05, 4.69) is 73.0 Å². The molecule has 0 radical (unpaired) electrons. The average Bonchev–Trinajstić information content (AvgIpc) is 3.36. The fourth-order valence-corrected chi connectivity index (χ4v) is 5.09. The molecule has 158 valence electrons. The van der Waals surface area contributed by atoms with Gasteiger partial charge in [-0.2, -0.15) is 0 Å². The molecule has 0 spiro atoms. The maximum absolute atomic E-state index is 12.8. The monoisotopic (exact) mass is 405 g/mol. The van der Waals surface area contributed by atoms with Gasteiger partial charge in [0.2, 0.25) is 0 Å². The van der Waals surface area contributed by atoms with E-state index < -0.39 is 0 Å². The molecule has 2 aliphatic rings.